The molecular formula is C11H24ClN3O2. The molecule has 0 heterocycles. The van der Waals surface area contributed by atoms with Gasteiger partial charge in [0.05, 0.1) is 11.5 Å². The predicted octanol–water partition coefficient (Wildman–Crippen LogP) is 0.409. The molecule has 2 amide bonds. The molecule has 17 heavy (non-hydrogen) atoms. The Hall–Kier alpha value is -0.810. The van der Waals surface area contributed by atoms with E-state index in [2.05, 4.69) is 5.32 Å². The van der Waals surface area contributed by atoms with Crippen LogP contribution in [0.3, 0.4) is 0 Å². The van der Waals surface area contributed by atoms with E-state index in [1.54, 1.807) is 13.8 Å². The predicted molar refractivity (Wildman–Crippen MR) is 70.7 cm³/mol. The van der Waals surface area contributed by atoms with Gasteiger partial charge < -0.3 is 16.8 Å². The van der Waals surface area contributed by atoms with Crippen molar-refractivity contribution in [2.75, 3.05) is 6.54 Å². The van der Waals surface area contributed by atoms with Crippen LogP contribution in [0.4, 0.5) is 0 Å². The van der Waals surface area contributed by atoms with E-state index in [0.29, 0.717) is 0 Å². The molecule has 0 aliphatic heterocycles. The molecule has 0 spiro atoms. The van der Waals surface area contributed by atoms with Crippen molar-refractivity contribution in [2.45, 2.75) is 40.7 Å². The third-order valence-corrected chi connectivity index (χ3v) is 2.59. The normalized spacial score (nSPS) is 13.5. The summed E-state index contributed by atoms with van der Waals surface area (Å²) < 4.78 is 0. The zero-order valence-electron chi connectivity index (χ0n) is 11.2. The SMILES string of the molecule is CC(C)(CNC(=O)[C@@H](N)C(C)(C)C)C(N)=O.Cl. The van der Waals surface area contributed by atoms with Crippen LogP contribution in [-0.4, -0.2) is 24.4 Å². The molecule has 0 aromatic heterocycles. The van der Waals surface area contributed by atoms with E-state index in [0.717, 1.165) is 0 Å². The maximum absolute atomic E-state index is 11.7. The highest BCUT2D eigenvalue weighted by molar-refractivity contribution is 5.85. The Bertz CT molecular complexity index is 285. The van der Waals surface area contributed by atoms with Crippen LogP contribution in [0.5, 0.6) is 0 Å². The van der Waals surface area contributed by atoms with Crippen LogP contribution in [0.25, 0.3) is 0 Å². The molecule has 0 unspecified atom stereocenters. The van der Waals surface area contributed by atoms with Gasteiger partial charge in [-0.1, -0.05) is 20.8 Å². The van der Waals surface area contributed by atoms with Gasteiger partial charge in [-0.25, -0.2) is 0 Å². The third-order valence-electron chi connectivity index (χ3n) is 2.59. The van der Waals surface area contributed by atoms with Crippen LogP contribution in [-0.2, 0) is 9.59 Å². The molecule has 0 saturated carbocycles. The van der Waals surface area contributed by atoms with Gasteiger partial charge in [-0.2, -0.15) is 0 Å². The molecule has 0 radical (unpaired) electrons. The van der Waals surface area contributed by atoms with Gasteiger partial charge >= 0.3 is 0 Å². The molecule has 5 N–H and O–H groups in total. The molecule has 0 saturated heterocycles. The van der Waals surface area contributed by atoms with E-state index in [9.17, 15) is 9.59 Å². The van der Waals surface area contributed by atoms with E-state index < -0.39 is 17.4 Å². The van der Waals surface area contributed by atoms with E-state index in [4.69, 9.17) is 11.5 Å². The lowest BCUT2D eigenvalue weighted by atomic mass is 9.86. The number of amides is 2. The first kappa shape index (κ1) is 18.6. The average molecular weight is 266 g/mol. The van der Waals surface area contributed by atoms with Crippen molar-refractivity contribution >= 4 is 24.2 Å². The third kappa shape index (κ3) is 5.89. The molecule has 5 nitrogen and oxygen atoms in total. The second-order valence-electron chi connectivity index (χ2n) is 5.81. The summed E-state index contributed by atoms with van der Waals surface area (Å²) >= 11 is 0. The molecule has 0 fully saturated rings. The Labute approximate surface area is 109 Å². The number of carbonyl (C=O) groups is 2. The summed E-state index contributed by atoms with van der Waals surface area (Å²) in [5.74, 6) is -0.709. The van der Waals surface area contributed by atoms with Gasteiger partial charge in [-0.15, -0.1) is 12.4 Å². The van der Waals surface area contributed by atoms with Crippen LogP contribution in [0, 0.1) is 10.8 Å². The highest BCUT2D eigenvalue weighted by Gasteiger charge is 2.30. The Balaban J connectivity index is 0. The first-order valence-electron chi connectivity index (χ1n) is 5.31. The maximum atomic E-state index is 11.7. The maximum Gasteiger partial charge on any atom is 0.237 e. The number of hydrogen-bond acceptors (Lipinski definition) is 3. The van der Waals surface area contributed by atoms with Crippen molar-refractivity contribution in [3.8, 4) is 0 Å². The van der Waals surface area contributed by atoms with Crippen LogP contribution < -0.4 is 16.8 Å². The number of carbonyl (C=O) groups excluding carboxylic acids is 2. The van der Waals surface area contributed by atoms with E-state index in [-0.39, 0.29) is 30.3 Å². The summed E-state index contributed by atoms with van der Waals surface area (Å²) in [6, 6.07) is -0.601. The van der Waals surface area contributed by atoms with Crippen LogP contribution in [0.2, 0.25) is 0 Å². The molecule has 6 heteroatoms. The Morgan fingerprint density at radius 1 is 1.18 bits per heavy atom. The number of primary amides is 1. The Kier molecular flexibility index (Phi) is 6.78. The second-order valence-corrected chi connectivity index (χ2v) is 5.81. The van der Waals surface area contributed by atoms with Crippen molar-refractivity contribution in [3.63, 3.8) is 0 Å². The highest BCUT2D eigenvalue weighted by atomic mass is 35.5. The molecule has 0 bridgehead atoms. The van der Waals surface area contributed by atoms with Gasteiger partial charge in [0, 0.05) is 6.54 Å². The summed E-state index contributed by atoms with van der Waals surface area (Å²) in [7, 11) is 0. The number of nitrogens with one attached hydrogen (secondary N) is 1. The topological polar surface area (TPSA) is 98.2 Å². The van der Waals surface area contributed by atoms with Crippen LogP contribution >= 0.6 is 12.4 Å². The zero-order chi connectivity index (χ0) is 13.1. The van der Waals surface area contributed by atoms with E-state index in [1.165, 1.54) is 0 Å². The Morgan fingerprint density at radius 2 is 1.59 bits per heavy atom. The summed E-state index contributed by atoms with van der Waals surface area (Å²) in [4.78, 5) is 22.7. The average Bonchev–Trinajstić information content (AvgIpc) is 2.11. The quantitative estimate of drug-likeness (QED) is 0.687. The monoisotopic (exact) mass is 265 g/mol. The summed E-state index contributed by atoms with van der Waals surface area (Å²) in [5, 5.41) is 2.65. The highest BCUT2D eigenvalue weighted by Crippen LogP contribution is 2.18. The number of nitrogens with two attached hydrogens (primary N) is 2. The smallest absolute Gasteiger partial charge is 0.237 e. The molecular weight excluding hydrogens is 242 g/mol. The number of halogens is 1. The largest absolute Gasteiger partial charge is 0.369 e. The minimum atomic E-state index is -0.757. The summed E-state index contributed by atoms with van der Waals surface area (Å²) in [6.07, 6.45) is 0. The zero-order valence-corrected chi connectivity index (χ0v) is 12.0. The lowest BCUT2D eigenvalue weighted by Crippen LogP contribution is -2.51. The first-order valence-corrected chi connectivity index (χ1v) is 5.31. The molecule has 0 aromatic carbocycles. The first-order chi connectivity index (χ1) is 6.98. The van der Waals surface area contributed by atoms with Crippen molar-refractivity contribution < 1.29 is 9.59 Å². The molecule has 0 rings (SSSR count). The lowest BCUT2D eigenvalue weighted by molar-refractivity contribution is -0.128. The fourth-order valence-electron chi connectivity index (χ4n) is 0.898. The van der Waals surface area contributed by atoms with Gasteiger partial charge in [0.25, 0.3) is 0 Å². The van der Waals surface area contributed by atoms with Crippen molar-refractivity contribution in [2.24, 2.45) is 22.3 Å². The van der Waals surface area contributed by atoms with Gasteiger partial charge in [0.2, 0.25) is 11.8 Å². The fraction of sp³-hybridized carbons (Fsp3) is 0.818. The fourth-order valence-corrected chi connectivity index (χ4v) is 0.898. The molecule has 0 aliphatic rings. The van der Waals surface area contributed by atoms with Crippen molar-refractivity contribution in [1.29, 1.82) is 0 Å². The summed E-state index contributed by atoms with van der Waals surface area (Å²) in [6.45, 7) is 9.21. The number of rotatable bonds is 4. The van der Waals surface area contributed by atoms with Gasteiger partial charge in [0.15, 0.2) is 0 Å². The minimum Gasteiger partial charge on any atom is -0.369 e. The molecule has 0 aromatic rings. The minimum absolute atomic E-state index is 0. The number of hydrogen-bond donors (Lipinski definition) is 3. The molecule has 1 atom stereocenters. The Morgan fingerprint density at radius 3 is 1.88 bits per heavy atom. The molecule has 0 aliphatic carbocycles. The van der Waals surface area contributed by atoms with E-state index >= 15 is 0 Å². The second kappa shape index (κ2) is 6.21. The van der Waals surface area contributed by atoms with Crippen molar-refractivity contribution in [1.82, 2.24) is 5.32 Å². The van der Waals surface area contributed by atoms with Gasteiger partial charge in [-0.3, -0.25) is 9.59 Å². The van der Waals surface area contributed by atoms with Gasteiger partial charge in [-0.05, 0) is 19.3 Å². The standard InChI is InChI=1S/C11H23N3O2.ClH/c1-10(2,3)7(12)8(15)14-6-11(4,5)9(13)16;/h7H,6,12H2,1-5H3,(H2,13,16)(H,14,15);1H/t7-;/m1./s1. The van der Waals surface area contributed by atoms with Crippen LogP contribution in [0.15, 0.2) is 0 Å². The van der Waals surface area contributed by atoms with E-state index in [1.807, 2.05) is 20.8 Å². The van der Waals surface area contributed by atoms with Crippen molar-refractivity contribution in [3.05, 3.63) is 0 Å². The summed E-state index contributed by atoms with van der Waals surface area (Å²) in [5.41, 5.74) is 9.91. The van der Waals surface area contributed by atoms with Crippen LogP contribution in [0.1, 0.15) is 34.6 Å². The molecule has 102 valence electrons. The lowest BCUT2D eigenvalue weighted by Gasteiger charge is -2.28. The van der Waals surface area contributed by atoms with Gasteiger partial charge in [0.1, 0.15) is 0 Å².